The van der Waals surface area contributed by atoms with E-state index in [4.69, 9.17) is 0 Å². The predicted molar refractivity (Wildman–Crippen MR) is 246 cm³/mol. The van der Waals surface area contributed by atoms with E-state index >= 15 is 0 Å². The molecule has 0 saturated heterocycles. The minimum atomic E-state index is 0.210. The second-order valence-corrected chi connectivity index (χ2v) is 25.3. The normalized spacial score (nSPS) is 11.5. The number of benzene rings is 8. The summed E-state index contributed by atoms with van der Waals surface area (Å²) in [5.74, 6) is 1.08. The zero-order valence-electron chi connectivity index (χ0n) is 33.3. The van der Waals surface area contributed by atoms with Crippen molar-refractivity contribution in [1.29, 1.82) is 0 Å². The molecule has 56 heavy (non-hydrogen) atoms. The molecule has 0 aliphatic carbocycles. The van der Waals surface area contributed by atoms with Gasteiger partial charge in [-0.15, -0.1) is 69.1 Å². The number of hydrogen-bond donors (Lipinski definition) is 0. The minimum absolute atomic E-state index is 0.210. The molecule has 0 aliphatic rings. The molecule has 0 spiro atoms. The SMILES string of the molecule is CC(C)c1cc2c(-c3c4ccccc4cc4ccccc34)cccc2[cH-]1.CC(C)c1cc2c(-c3c4ccccc4cc4ccccc34)cccc2[cH-]1.C[Si](C)=[Zr+2]. The summed E-state index contributed by atoms with van der Waals surface area (Å²) in [6.45, 7) is 13.7. The molecule has 0 unspecified atom stereocenters. The van der Waals surface area contributed by atoms with E-state index in [0.717, 1.165) is 0 Å². The summed E-state index contributed by atoms with van der Waals surface area (Å²) in [7, 11) is 0. The van der Waals surface area contributed by atoms with Crippen LogP contribution in [0.2, 0.25) is 13.1 Å². The number of hydrogen-bond acceptors (Lipinski definition) is 0. The Bertz CT molecular complexity index is 2710. The summed E-state index contributed by atoms with van der Waals surface area (Å²) >= 11 is 1.74. The molecule has 0 fully saturated rings. The van der Waals surface area contributed by atoms with E-state index in [-0.39, 0.29) is 5.43 Å². The first-order valence-corrected chi connectivity index (χ1v) is 26.1. The van der Waals surface area contributed by atoms with Gasteiger partial charge in [-0.3, -0.25) is 0 Å². The second-order valence-electron chi connectivity index (χ2n) is 15.9. The third kappa shape index (κ3) is 7.50. The van der Waals surface area contributed by atoms with Crippen LogP contribution in [-0.4, -0.2) is 5.43 Å². The summed E-state index contributed by atoms with van der Waals surface area (Å²) in [5.41, 5.74) is 8.41. The summed E-state index contributed by atoms with van der Waals surface area (Å²) in [5, 5.41) is 15.9. The molecule has 0 heterocycles. The van der Waals surface area contributed by atoms with Crippen LogP contribution in [0.1, 0.15) is 50.7 Å². The maximum absolute atomic E-state index is 2.38. The first-order chi connectivity index (χ1) is 27.2. The molecule has 0 saturated carbocycles. The number of fused-ring (bicyclic) bond motifs is 6. The van der Waals surface area contributed by atoms with Gasteiger partial charge in [-0.05, 0) is 78.2 Å². The molecule has 0 atom stereocenters. The quantitative estimate of drug-likeness (QED) is 0.0943. The molecule has 10 aromatic rings. The Labute approximate surface area is 346 Å². The van der Waals surface area contributed by atoms with Gasteiger partial charge in [0.1, 0.15) is 0 Å². The summed E-state index contributed by atoms with van der Waals surface area (Å²) in [4.78, 5) is 0. The molecule has 0 nitrogen and oxygen atoms in total. The van der Waals surface area contributed by atoms with Gasteiger partial charge in [0.2, 0.25) is 0 Å². The average Bonchev–Trinajstić information content (AvgIpc) is 3.85. The predicted octanol–water partition coefficient (Wildman–Crippen LogP) is 16.1. The molecule has 0 amide bonds. The molecule has 0 bridgehead atoms. The molecule has 10 rings (SSSR count). The molecule has 0 aromatic heterocycles. The van der Waals surface area contributed by atoms with Crippen molar-refractivity contribution in [2.75, 3.05) is 0 Å². The Balaban J connectivity index is 0.000000144. The van der Waals surface area contributed by atoms with E-state index in [2.05, 4.69) is 211 Å². The van der Waals surface area contributed by atoms with Crippen molar-refractivity contribution >= 4 is 70.1 Å². The van der Waals surface area contributed by atoms with Gasteiger partial charge in [-0.2, -0.15) is 12.1 Å². The van der Waals surface area contributed by atoms with Crippen molar-refractivity contribution in [2.45, 2.75) is 52.6 Å². The van der Waals surface area contributed by atoms with E-state index in [1.807, 2.05) is 0 Å². The monoisotopic (exact) mass is 814 g/mol. The van der Waals surface area contributed by atoms with Gasteiger partial charge in [0, 0.05) is 0 Å². The third-order valence-corrected chi connectivity index (χ3v) is 11.0. The molecule has 0 radical (unpaired) electrons. The first kappa shape index (κ1) is 38.0. The van der Waals surface area contributed by atoms with Gasteiger partial charge in [0.05, 0.1) is 0 Å². The van der Waals surface area contributed by atoms with E-state index in [1.165, 1.54) is 98.0 Å². The fourth-order valence-electron chi connectivity index (χ4n) is 8.23. The Hall–Kier alpha value is -4.88. The average molecular weight is 816 g/mol. The van der Waals surface area contributed by atoms with Crippen LogP contribution < -0.4 is 0 Å². The van der Waals surface area contributed by atoms with Gasteiger partial charge in [0.25, 0.3) is 0 Å². The summed E-state index contributed by atoms with van der Waals surface area (Å²) < 4.78 is 0. The molecule has 272 valence electrons. The van der Waals surface area contributed by atoms with Crippen molar-refractivity contribution in [3.8, 4) is 22.3 Å². The van der Waals surface area contributed by atoms with Crippen LogP contribution in [0.3, 0.4) is 0 Å². The zero-order valence-corrected chi connectivity index (χ0v) is 36.8. The van der Waals surface area contributed by atoms with Crippen LogP contribution in [0.5, 0.6) is 0 Å². The second kappa shape index (κ2) is 16.3. The Morgan fingerprint density at radius 1 is 0.393 bits per heavy atom. The molecule has 0 N–H and O–H groups in total. The maximum atomic E-state index is 2.38. The zero-order chi connectivity index (χ0) is 38.9. The first-order valence-electron chi connectivity index (χ1n) is 19.9. The van der Waals surface area contributed by atoms with Crippen LogP contribution in [0.4, 0.5) is 0 Å². The van der Waals surface area contributed by atoms with Crippen molar-refractivity contribution in [1.82, 2.24) is 0 Å². The van der Waals surface area contributed by atoms with E-state index in [0.29, 0.717) is 11.8 Å². The molecular weight excluding hydrogens is 768 g/mol. The van der Waals surface area contributed by atoms with Crippen LogP contribution in [-0.2, 0) is 23.3 Å². The topological polar surface area (TPSA) is 0 Å². The molecule has 0 aliphatic heterocycles. The van der Waals surface area contributed by atoms with E-state index < -0.39 is 0 Å². The Morgan fingerprint density at radius 2 is 0.696 bits per heavy atom. The van der Waals surface area contributed by atoms with Crippen LogP contribution in [0.25, 0.3) is 86.9 Å². The van der Waals surface area contributed by atoms with Gasteiger partial charge in [0.15, 0.2) is 0 Å². The van der Waals surface area contributed by atoms with Crippen molar-refractivity contribution in [3.05, 3.63) is 181 Å². The van der Waals surface area contributed by atoms with Gasteiger partial charge in [-0.1, -0.05) is 148 Å². The van der Waals surface area contributed by atoms with E-state index in [9.17, 15) is 0 Å². The van der Waals surface area contributed by atoms with E-state index in [1.54, 1.807) is 23.3 Å². The summed E-state index contributed by atoms with van der Waals surface area (Å²) in [6.07, 6.45) is 0. The van der Waals surface area contributed by atoms with Crippen molar-refractivity contribution in [2.24, 2.45) is 0 Å². The molecule has 2 heteroatoms. The third-order valence-electron chi connectivity index (χ3n) is 11.0. The van der Waals surface area contributed by atoms with Crippen molar-refractivity contribution < 1.29 is 23.3 Å². The fourth-order valence-corrected chi connectivity index (χ4v) is 8.23. The van der Waals surface area contributed by atoms with Crippen LogP contribution in [0, 0.1) is 0 Å². The fraction of sp³-hybridized carbons (Fsp3) is 0.148. The van der Waals surface area contributed by atoms with Crippen LogP contribution >= 0.6 is 0 Å². The van der Waals surface area contributed by atoms with Gasteiger partial charge < -0.3 is 0 Å². The Morgan fingerprint density at radius 3 is 1.00 bits per heavy atom. The van der Waals surface area contributed by atoms with Gasteiger partial charge in [-0.25, -0.2) is 0 Å². The van der Waals surface area contributed by atoms with Gasteiger partial charge >= 0.3 is 41.9 Å². The number of rotatable bonds is 4. The standard InChI is InChI=1S/2C26H21.C2H6Si.Zr/c2*1-17(2)21-15-20-10-7-13-24(25(20)16-21)26-22-11-5-3-8-18(22)14-19-9-4-6-12-23(19)26;1-3-2;/h2*3-17H,1-2H3;1-2H3;/q2*-1;;+2. The van der Waals surface area contributed by atoms with Crippen LogP contribution in [0.15, 0.2) is 170 Å². The van der Waals surface area contributed by atoms with Crippen molar-refractivity contribution in [3.63, 3.8) is 0 Å². The molecule has 10 aromatic carbocycles. The summed E-state index contributed by atoms with van der Waals surface area (Å²) in [6, 6.07) is 62.4. The Kier molecular flexibility index (Phi) is 11.1. The molecular formula is C54H48SiZr.